The van der Waals surface area contributed by atoms with E-state index >= 15 is 0 Å². The van der Waals surface area contributed by atoms with Crippen LogP contribution in [0.1, 0.15) is 9.67 Å². The molecule has 0 fully saturated rings. The van der Waals surface area contributed by atoms with E-state index in [-0.39, 0.29) is 5.88 Å². The second-order valence-corrected chi connectivity index (χ2v) is 4.67. The van der Waals surface area contributed by atoms with Crippen LogP contribution >= 0.6 is 22.9 Å². The molecule has 0 aliphatic heterocycles. The van der Waals surface area contributed by atoms with Gasteiger partial charge in [0.2, 0.25) is 5.88 Å². The van der Waals surface area contributed by atoms with E-state index in [2.05, 4.69) is 4.98 Å². The van der Waals surface area contributed by atoms with Gasteiger partial charge >= 0.3 is 0 Å². The number of methoxy groups -OCH3 is 2. The summed E-state index contributed by atoms with van der Waals surface area (Å²) in [6.07, 6.45) is 0. The second-order valence-electron chi connectivity index (χ2n) is 3.33. The van der Waals surface area contributed by atoms with Crippen LogP contribution in [0.25, 0.3) is 10.6 Å². The molecule has 6 heteroatoms. The van der Waals surface area contributed by atoms with E-state index < -0.39 is 5.24 Å². The first-order valence-corrected chi connectivity index (χ1v) is 6.25. The lowest BCUT2D eigenvalue weighted by molar-refractivity contribution is 0.108. The van der Waals surface area contributed by atoms with Crippen molar-refractivity contribution in [1.82, 2.24) is 4.98 Å². The van der Waals surface area contributed by atoms with Gasteiger partial charge in [0.1, 0.15) is 10.8 Å². The Hall–Kier alpha value is -1.59. The largest absolute Gasteiger partial charge is 0.496 e. The molecule has 94 valence electrons. The van der Waals surface area contributed by atoms with E-state index in [1.54, 1.807) is 7.11 Å². The van der Waals surface area contributed by atoms with Gasteiger partial charge in [0.15, 0.2) is 4.88 Å². The summed E-state index contributed by atoms with van der Waals surface area (Å²) in [6.45, 7) is 0. The maximum Gasteiger partial charge on any atom is 0.267 e. The van der Waals surface area contributed by atoms with Crippen LogP contribution in [0, 0.1) is 0 Å². The van der Waals surface area contributed by atoms with Crippen LogP contribution in [-0.2, 0) is 0 Å². The molecule has 0 amide bonds. The summed E-state index contributed by atoms with van der Waals surface area (Å²) in [7, 11) is 3.03. The number of rotatable bonds is 4. The zero-order valence-corrected chi connectivity index (χ0v) is 11.3. The molecule has 0 aliphatic rings. The van der Waals surface area contributed by atoms with Crippen LogP contribution in [0.3, 0.4) is 0 Å². The lowest BCUT2D eigenvalue weighted by Gasteiger charge is -2.04. The summed E-state index contributed by atoms with van der Waals surface area (Å²) >= 11 is 6.66. The minimum atomic E-state index is -0.578. The molecule has 0 unspecified atom stereocenters. The minimum Gasteiger partial charge on any atom is -0.496 e. The van der Waals surface area contributed by atoms with Gasteiger partial charge in [-0.2, -0.15) is 0 Å². The fourth-order valence-electron chi connectivity index (χ4n) is 1.51. The van der Waals surface area contributed by atoms with Crippen molar-refractivity contribution < 1.29 is 14.3 Å². The van der Waals surface area contributed by atoms with E-state index in [0.717, 1.165) is 5.56 Å². The molecule has 0 atom stereocenters. The molecule has 2 rings (SSSR count). The number of para-hydroxylation sites is 1. The summed E-state index contributed by atoms with van der Waals surface area (Å²) in [4.78, 5) is 15.8. The average Bonchev–Trinajstić information content (AvgIpc) is 2.82. The van der Waals surface area contributed by atoms with Crippen molar-refractivity contribution in [3.05, 3.63) is 29.1 Å². The van der Waals surface area contributed by atoms with Crippen LogP contribution in [-0.4, -0.2) is 24.4 Å². The molecule has 0 N–H and O–H groups in total. The summed E-state index contributed by atoms with van der Waals surface area (Å²) in [5.41, 5.74) is 0.799. The second kappa shape index (κ2) is 5.37. The average molecular weight is 284 g/mol. The molecule has 0 bridgehead atoms. The van der Waals surface area contributed by atoms with Gasteiger partial charge < -0.3 is 9.47 Å². The summed E-state index contributed by atoms with van der Waals surface area (Å²) in [6, 6.07) is 7.42. The van der Waals surface area contributed by atoms with Crippen molar-refractivity contribution >= 4 is 28.2 Å². The number of thiazole rings is 1. The topological polar surface area (TPSA) is 48.4 Å². The molecule has 0 saturated heterocycles. The lowest BCUT2D eigenvalue weighted by atomic mass is 10.2. The Morgan fingerprint density at radius 2 is 2.00 bits per heavy atom. The highest BCUT2D eigenvalue weighted by Gasteiger charge is 2.19. The van der Waals surface area contributed by atoms with Crippen LogP contribution in [0.5, 0.6) is 11.6 Å². The number of hydrogen-bond donors (Lipinski definition) is 0. The maximum atomic E-state index is 11.2. The quantitative estimate of drug-likeness (QED) is 0.809. The Morgan fingerprint density at radius 1 is 1.28 bits per heavy atom. The number of carbonyl (C=O) groups excluding carboxylic acids is 1. The van der Waals surface area contributed by atoms with Crippen molar-refractivity contribution in [2.24, 2.45) is 0 Å². The highest BCUT2D eigenvalue weighted by Crippen LogP contribution is 2.37. The minimum absolute atomic E-state index is 0.237. The number of benzene rings is 1. The molecule has 4 nitrogen and oxygen atoms in total. The number of aromatic nitrogens is 1. The van der Waals surface area contributed by atoms with E-state index in [1.807, 2.05) is 24.3 Å². The number of hydrogen-bond acceptors (Lipinski definition) is 5. The fraction of sp³-hybridized carbons (Fsp3) is 0.167. The smallest absolute Gasteiger partial charge is 0.267 e. The Morgan fingerprint density at radius 3 is 2.56 bits per heavy atom. The Bertz CT molecular complexity index is 582. The fourth-order valence-corrected chi connectivity index (χ4v) is 2.60. The number of nitrogens with zero attached hydrogens (tertiary/aromatic N) is 1. The molecule has 18 heavy (non-hydrogen) atoms. The van der Waals surface area contributed by atoms with Crippen LogP contribution in [0.15, 0.2) is 24.3 Å². The van der Waals surface area contributed by atoms with Gasteiger partial charge in [0.25, 0.3) is 5.24 Å². The number of ether oxygens (including phenoxy) is 2. The first-order valence-electron chi connectivity index (χ1n) is 5.05. The van der Waals surface area contributed by atoms with Crippen LogP contribution in [0.4, 0.5) is 0 Å². The lowest BCUT2D eigenvalue weighted by Crippen LogP contribution is -1.90. The zero-order chi connectivity index (χ0) is 13.1. The first-order chi connectivity index (χ1) is 8.67. The first kappa shape index (κ1) is 12.9. The SMILES string of the molecule is COc1ccccc1-c1nc(OC)c(C(=O)Cl)s1. The predicted molar refractivity (Wildman–Crippen MR) is 70.8 cm³/mol. The summed E-state index contributed by atoms with van der Waals surface area (Å²) < 4.78 is 10.3. The van der Waals surface area contributed by atoms with E-state index in [1.165, 1.54) is 18.4 Å². The summed E-state index contributed by atoms with van der Waals surface area (Å²) in [5.74, 6) is 0.920. The van der Waals surface area contributed by atoms with E-state index in [0.29, 0.717) is 15.6 Å². The highest BCUT2D eigenvalue weighted by atomic mass is 35.5. The van der Waals surface area contributed by atoms with Gasteiger partial charge in [-0.3, -0.25) is 4.79 Å². The predicted octanol–water partition coefficient (Wildman–Crippen LogP) is 3.21. The van der Waals surface area contributed by atoms with Gasteiger partial charge in [-0.15, -0.1) is 11.3 Å². The molecule has 0 radical (unpaired) electrons. The molecule has 0 spiro atoms. The van der Waals surface area contributed by atoms with Crippen molar-refractivity contribution in [1.29, 1.82) is 0 Å². The standard InChI is InChI=1S/C12H10ClNO3S/c1-16-8-6-4-3-5-7(8)12-14-11(17-2)9(18-12)10(13)15/h3-6H,1-2H3. The molecule has 2 aromatic rings. The third kappa shape index (κ3) is 2.32. The normalized spacial score (nSPS) is 10.2. The summed E-state index contributed by atoms with van der Waals surface area (Å²) in [5, 5.41) is 0.0544. The Kier molecular flexibility index (Phi) is 3.84. The monoisotopic (exact) mass is 283 g/mol. The van der Waals surface area contributed by atoms with Gasteiger partial charge in [0.05, 0.1) is 19.8 Å². The van der Waals surface area contributed by atoms with Crippen molar-refractivity contribution in [3.8, 4) is 22.2 Å². The molecule has 1 heterocycles. The molecule has 0 saturated carbocycles. The molecular weight excluding hydrogens is 274 g/mol. The Balaban J connectivity index is 2.54. The molecular formula is C12H10ClNO3S. The van der Waals surface area contributed by atoms with Gasteiger partial charge in [0, 0.05) is 0 Å². The molecule has 1 aromatic heterocycles. The van der Waals surface area contributed by atoms with Gasteiger partial charge in [-0.1, -0.05) is 12.1 Å². The maximum absolute atomic E-state index is 11.2. The number of carbonyl (C=O) groups is 1. The van der Waals surface area contributed by atoms with E-state index in [4.69, 9.17) is 21.1 Å². The van der Waals surface area contributed by atoms with Gasteiger partial charge in [-0.25, -0.2) is 4.98 Å². The third-order valence-corrected chi connectivity index (χ3v) is 3.68. The van der Waals surface area contributed by atoms with Crippen molar-refractivity contribution in [2.45, 2.75) is 0 Å². The van der Waals surface area contributed by atoms with Crippen molar-refractivity contribution in [3.63, 3.8) is 0 Å². The molecule has 0 aliphatic carbocycles. The van der Waals surface area contributed by atoms with Gasteiger partial charge in [-0.05, 0) is 23.7 Å². The van der Waals surface area contributed by atoms with Crippen molar-refractivity contribution in [2.75, 3.05) is 14.2 Å². The highest BCUT2D eigenvalue weighted by molar-refractivity contribution is 7.18. The third-order valence-electron chi connectivity index (χ3n) is 2.31. The number of halogens is 1. The Labute approximate surface area is 113 Å². The zero-order valence-electron chi connectivity index (χ0n) is 9.77. The van der Waals surface area contributed by atoms with Crippen LogP contribution in [0.2, 0.25) is 0 Å². The van der Waals surface area contributed by atoms with E-state index in [9.17, 15) is 4.79 Å². The molecule has 1 aromatic carbocycles. The van der Waals surface area contributed by atoms with Crippen LogP contribution < -0.4 is 9.47 Å².